The molecule has 0 bridgehead atoms. The standard InChI is InChI=1S/C6H6NO/c1-5-6(8)3-2-4-7-5/h2-4H,1H3. The van der Waals surface area contributed by atoms with E-state index in [9.17, 15) is 4.79 Å². The van der Waals surface area contributed by atoms with E-state index in [0.717, 1.165) is 0 Å². The SMILES string of the molecule is CC1=NC=C[CH]C1=O. The molecule has 1 heterocycles. The van der Waals surface area contributed by atoms with Crippen molar-refractivity contribution in [2.24, 2.45) is 4.99 Å². The fourth-order valence-electron chi connectivity index (χ4n) is 0.469. The predicted molar refractivity (Wildman–Crippen MR) is 31.6 cm³/mol. The summed E-state index contributed by atoms with van der Waals surface area (Å²) < 4.78 is 0. The van der Waals surface area contributed by atoms with Gasteiger partial charge in [-0.1, -0.05) is 6.08 Å². The quantitative estimate of drug-likeness (QED) is 0.450. The molecule has 0 atom stereocenters. The smallest absolute Gasteiger partial charge is 0.184 e. The molecule has 0 spiro atoms. The van der Waals surface area contributed by atoms with E-state index >= 15 is 0 Å². The molecule has 0 aromatic carbocycles. The van der Waals surface area contributed by atoms with E-state index in [1.54, 1.807) is 19.2 Å². The lowest BCUT2D eigenvalue weighted by Crippen LogP contribution is -2.10. The second-order valence-electron chi connectivity index (χ2n) is 1.59. The molecule has 1 aliphatic heterocycles. The van der Waals surface area contributed by atoms with Gasteiger partial charge in [-0.05, 0) is 6.92 Å². The molecule has 8 heavy (non-hydrogen) atoms. The third kappa shape index (κ3) is 0.832. The molecule has 0 saturated heterocycles. The van der Waals surface area contributed by atoms with Gasteiger partial charge in [0.2, 0.25) is 0 Å². The number of allylic oxidation sites excluding steroid dienone is 1. The maximum absolute atomic E-state index is 10.6. The third-order valence-corrected chi connectivity index (χ3v) is 0.958. The number of nitrogens with zero attached hydrogens (tertiary/aromatic N) is 1. The zero-order valence-electron chi connectivity index (χ0n) is 4.59. The first-order valence-corrected chi connectivity index (χ1v) is 2.39. The van der Waals surface area contributed by atoms with E-state index in [-0.39, 0.29) is 5.78 Å². The molecule has 0 fully saturated rings. The van der Waals surface area contributed by atoms with Crippen LogP contribution in [0.5, 0.6) is 0 Å². The Bertz CT molecular complexity index is 167. The van der Waals surface area contributed by atoms with Crippen molar-refractivity contribution in [2.45, 2.75) is 6.92 Å². The summed E-state index contributed by atoms with van der Waals surface area (Å²) in [4.78, 5) is 14.3. The van der Waals surface area contributed by atoms with Crippen molar-refractivity contribution >= 4 is 11.5 Å². The number of Topliss-reactive ketones (excluding diaryl/α,β-unsaturated/α-hetero) is 1. The van der Waals surface area contributed by atoms with Gasteiger partial charge in [-0.15, -0.1) is 0 Å². The molecule has 1 aliphatic rings. The van der Waals surface area contributed by atoms with Gasteiger partial charge in [0.05, 0.1) is 12.1 Å². The average Bonchev–Trinajstić information content (AvgIpc) is 1.77. The molecule has 1 rings (SSSR count). The Labute approximate surface area is 47.9 Å². The highest BCUT2D eigenvalue weighted by Gasteiger charge is 2.04. The van der Waals surface area contributed by atoms with E-state index in [1.807, 2.05) is 0 Å². The molecule has 0 amide bonds. The van der Waals surface area contributed by atoms with Crippen LogP contribution in [0, 0.1) is 6.42 Å². The van der Waals surface area contributed by atoms with Gasteiger partial charge in [0.15, 0.2) is 5.78 Å². The molecule has 0 aromatic rings. The van der Waals surface area contributed by atoms with Crippen LogP contribution in [0.3, 0.4) is 0 Å². The van der Waals surface area contributed by atoms with E-state index in [1.165, 1.54) is 6.42 Å². The monoisotopic (exact) mass is 108 g/mol. The van der Waals surface area contributed by atoms with Crippen LogP contribution in [0.25, 0.3) is 0 Å². The Hall–Kier alpha value is -0.920. The minimum absolute atomic E-state index is 0.00694. The lowest BCUT2D eigenvalue weighted by molar-refractivity contribution is -0.109. The van der Waals surface area contributed by atoms with Crippen molar-refractivity contribution < 1.29 is 4.79 Å². The number of carbonyl (C=O) groups is 1. The normalized spacial score (nSPS) is 18.6. The molecule has 2 nitrogen and oxygen atoms in total. The van der Waals surface area contributed by atoms with Crippen molar-refractivity contribution in [3.63, 3.8) is 0 Å². The lowest BCUT2D eigenvalue weighted by atomic mass is 10.2. The number of aliphatic imine (C=N–C) groups is 1. The van der Waals surface area contributed by atoms with E-state index in [2.05, 4.69) is 4.99 Å². The fourth-order valence-corrected chi connectivity index (χ4v) is 0.469. The first-order chi connectivity index (χ1) is 3.80. The minimum Gasteiger partial charge on any atom is -0.292 e. The largest absolute Gasteiger partial charge is 0.292 e. The number of carbonyl (C=O) groups excluding carboxylic acids is 1. The summed E-state index contributed by atoms with van der Waals surface area (Å²) >= 11 is 0. The van der Waals surface area contributed by atoms with Crippen molar-refractivity contribution in [3.05, 3.63) is 18.7 Å². The summed E-state index contributed by atoms with van der Waals surface area (Å²) in [5.41, 5.74) is 0.563. The van der Waals surface area contributed by atoms with Crippen molar-refractivity contribution in [2.75, 3.05) is 0 Å². The topological polar surface area (TPSA) is 29.4 Å². The van der Waals surface area contributed by atoms with Gasteiger partial charge in [-0.25, -0.2) is 0 Å². The molecule has 2 heteroatoms. The van der Waals surface area contributed by atoms with E-state index < -0.39 is 0 Å². The molecular formula is C6H6NO. The summed E-state index contributed by atoms with van der Waals surface area (Å²) in [5, 5.41) is 0. The average molecular weight is 108 g/mol. The summed E-state index contributed by atoms with van der Waals surface area (Å²) in [6, 6.07) is 0. The van der Waals surface area contributed by atoms with Crippen molar-refractivity contribution in [3.8, 4) is 0 Å². The van der Waals surface area contributed by atoms with Gasteiger partial charge in [0.1, 0.15) is 0 Å². The van der Waals surface area contributed by atoms with Crippen LogP contribution in [0.15, 0.2) is 17.3 Å². The van der Waals surface area contributed by atoms with Crippen LogP contribution in [-0.2, 0) is 4.79 Å². The van der Waals surface area contributed by atoms with Crippen LogP contribution in [0.2, 0.25) is 0 Å². The molecular weight excluding hydrogens is 102 g/mol. The minimum atomic E-state index is 0.00694. The first kappa shape index (κ1) is 5.22. The zero-order valence-corrected chi connectivity index (χ0v) is 4.59. The van der Waals surface area contributed by atoms with E-state index in [4.69, 9.17) is 0 Å². The zero-order chi connectivity index (χ0) is 5.98. The van der Waals surface area contributed by atoms with E-state index in [0.29, 0.717) is 5.71 Å². The third-order valence-electron chi connectivity index (χ3n) is 0.958. The molecule has 0 aromatic heterocycles. The Kier molecular flexibility index (Phi) is 1.24. The molecule has 0 aliphatic carbocycles. The summed E-state index contributed by atoms with van der Waals surface area (Å²) in [7, 11) is 0. The molecule has 0 saturated carbocycles. The van der Waals surface area contributed by atoms with Crippen LogP contribution >= 0.6 is 0 Å². The maximum atomic E-state index is 10.6. The Morgan fingerprint density at radius 1 is 1.62 bits per heavy atom. The van der Waals surface area contributed by atoms with Crippen LogP contribution in [-0.4, -0.2) is 11.5 Å². The van der Waals surface area contributed by atoms with Gasteiger partial charge >= 0.3 is 0 Å². The van der Waals surface area contributed by atoms with Crippen LogP contribution < -0.4 is 0 Å². The number of ketones is 1. The summed E-state index contributed by atoms with van der Waals surface area (Å²) in [6.07, 6.45) is 4.74. The van der Waals surface area contributed by atoms with Crippen molar-refractivity contribution in [1.29, 1.82) is 0 Å². The second-order valence-corrected chi connectivity index (χ2v) is 1.59. The summed E-state index contributed by atoms with van der Waals surface area (Å²) in [5.74, 6) is 0.00694. The van der Waals surface area contributed by atoms with Crippen LogP contribution in [0.1, 0.15) is 6.92 Å². The lowest BCUT2D eigenvalue weighted by Gasteiger charge is -1.96. The van der Waals surface area contributed by atoms with Gasteiger partial charge in [0.25, 0.3) is 0 Å². The van der Waals surface area contributed by atoms with Crippen LogP contribution in [0.4, 0.5) is 0 Å². The number of hydrogen-bond donors (Lipinski definition) is 0. The Morgan fingerprint density at radius 3 is 2.75 bits per heavy atom. The first-order valence-electron chi connectivity index (χ1n) is 2.39. The maximum Gasteiger partial charge on any atom is 0.184 e. The summed E-state index contributed by atoms with van der Waals surface area (Å²) in [6.45, 7) is 1.70. The molecule has 0 unspecified atom stereocenters. The predicted octanol–water partition coefficient (Wildman–Crippen LogP) is 0.748. The van der Waals surface area contributed by atoms with Gasteiger partial charge in [-0.3, -0.25) is 9.79 Å². The highest BCUT2D eigenvalue weighted by Crippen LogP contribution is 1.95. The highest BCUT2D eigenvalue weighted by atomic mass is 16.1. The van der Waals surface area contributed by atoms with Gasteiger partial charge < -0.3 is 0 Å². The fraction of sp³-hybridized carbons (Fsp3) is 0.167. The number of hydrogen-bond acceptors (Lipinski definition) is 2. The molecule has 41 valence electrons. The molecule has 0 N–H and O–H groups in total. The van der Waals surface area contributed by atoms with Gasteiger partial charge in [0, 0.05) is 6.20 Å². The van der Waals surface area contributed by atoms with Crippen molar-refractivity contribution in [1.82, 2.24) is 0 Å². The van der Waals surface area contributed by atoms with Gasteiger partial charge in [-0.2, -0.15) is 0 Å². The Balaban J connectivity index is 2.80. The number of rotatable bonds is 0. The highest BCUT2D eigenvalue weighted by molar-refractivity contribution is 6.43. The Morgan fingerprint density at radius 2 is 2.38 bits per heavy atom. The molecule has 1 radical (unpaired) electrons. The second kappa shape index (κ2) is 1.90.